The van der Waals surface area contributed by atoms with Crippen molar-refractivity contribution in [3.8, 4) is 0 Å². The quantitative estimate of drug-likeness (QED) is 0.850. The molecule has 0 bridgehead atoms. The van der Waals surface area contributed by atoms with Gasteiger partial charge >= 0.3 is 0 Å². The van der Waals surface area contributed by atoms with Crippen molar-refractivity contribution in [3.63, 3.8) is 0 Å². The van der Waals surface area contributed by atoms with Crippen molar-refractivity contribution in [3.05, 3.63) is 60.1 Å². The highest BCUT2D eigenvalue weighted by atomic mass is 32.2. The maximum atomic E-state index is 12.2. The molecule has 2 aromatic rings. The molecule has 2 atom stereocenters. The average Bonchev–Trinajstić information content (AvgIpc) is 3.13. The average molecular weight is 334 g/mol. The second kappa shape index (κ2) is 6.55. The van der Waals surface area contributed by atoms with Crippen LogP contribution >= 0.6 is 0 Å². The van der Waals surface area contributed by atoms with Gasteiger partial charge < -0.3 is 15.1 Å². The van der Waals surface area contributed by atoms with Gasteiger partial charge in [0.2, 0.25) is 0 Å². The molecule has 2 N–H and O–H groups in total. The van der Waals surface area contributed by atoms with Gasteiger partial charge in [-0.25, -0.2) is 8.42 Å². The SMILES string of the molecule is O=C(N[C@H]1CS(=O)(=O)C[C@@H]1NCc1ccco1)c1ccccc1. The Labute approximate surface area is 134 Å². The number of carbonyl (C=O) groups excluding carboxylic acids is 1. The zero-order valence-electron chi connectivity index (χ0n) is 12.4. The third-order valence-corrected chi connectivity index (χ3v) is 5.56. The largest absolute Gasteiger partial charge is 0.468 e. The summed E-state index contributed by atoms with van der Waals surface area (Å²) in [7, 11) is -3.17. The summed E-state index contributed by atoms with van der Waals surface area (Å²) in [4.78, 5) is 12.2. The number of nitrogens with one attached hydrogen (secondary N) is 2. The molecule has 1 fully saturated rings. The Morgan fingerprint density at radius 2 is 1.83 bits per heavy atom. The second-order valence-corrected chi connectivity index (χ2v) is 7.74. The molecule has 23 heavy (non-hydrogen) atoms. The van der Waals surface area contributed by atoms with Crippen molar-refractivity contribution in [1.29, 1.82) is 0 Å². The van der Waals surface area contributed by atoms with E-state index in [1.807, 2.05) is 12.1 Å². The third-order valence-electron chi connectivity index (χ3n) is 3.82. The van der Waals surface area contributed by atoms with Gasteiger partial charge in [-0.15, -0.1) is 0 Å². The fourth-order valence-electron chi connectivity index (χ4n) is 2.68. The van der Waals surface area contributed by atoms with Gasteiger partial charge in [0, 0.05) is 11.6 Å². The number of hydrogen-bond donors (Lipinski definition) is 2. The minimum Gasteiger partial charge on any atom is -0.468 e. The summed E-state index contributed by atoms with van der Waals surface area (Å²) in [6.07, 6.45) is 1.57. The standard InChI is InChI=1S/C16H18N2O4S/c19-16(12-5-2-1-3-6-12)18-15-11-23(20,21)10-14(15)17-9-13-7-4-8-22-13/h1-8,14-15,17H,9-11H2,(H,18,19)/t14-,15-/m0/s1. The lowest BCUT2D eigenvalue weighted by Crippen LogP contribution is -2.48. The summed E-state index contributed by atoms with van der Waals surface area (Å²) in [5, 5.41) is 5.98. The van der Waals surface area contributed by atoms with Gasteiger partial charge in [0.15, 0.2) is 9.84 Å². The van der Waals surface area contributed by atoms with Crippen molar-refractivity contribution in [2.24, 2.45) is 0 Å². The first-order valence-corrected chi connectivity index (χ1v) is 9.18. The predicted molar refractivity (Wildman–Crippen MR) is 85.7 cm³/mol. The Balaban J connectivity index is 1.66. The van der Waals surface area contributed by atoms with E-state index < -0.39 is 15.9 Å². The lowest BCUT2D eigenvalue weighted by Gasteiger charge is -2.20. The van der Waals surface area contributed by atoms with Gasteiger partial charge in [-0.3, -0.25) is 4.79 Å². The molecular formula is C16H18N2O4S. The Morgan fingerprint density at radius 3 is 2.52 bits per heavy atom. The first-order chi connectivity index (χ1) is 11.0. The summed E-state index contributed by atoms with van der Waals surface area (Å²) >= 11 is 0. The number of benzene rings is 1. The minimum atomic E-state index is -3.17. The Hall–Kier alpha value is -2.12. The van der Waals surface area contributed by atoms with Crippen LogP contribution in [0.5, 0.6) is 0 Å². The van der Waals surface area contributed by atoms with Crippen LogP contribution in [0.2, 0.25) is 0 Å². The Kier molecular flexibility index (Phi) is 4.49. The molecule has 1 aliphatic rings. The molecule has 3 rings (SSSR count). The molecule has 1 aromatic heterocycles. The van der Waals surface area contributed by atoms with Crippen LogP contribution in [0.3, 0.4) is 0 Å². The van der Waals surface area contributed by atoms with E-state index in [2.05, 4.69) is 10.6 Å². The molecule has 1 saturated heterocycles. The highest BCUT2D eigenvalue weighted by Crippen LogP contribution is 2.15. The van der Waals surface area contributed by atoms with Crippen molar-refractivity contribution >= 4 is 15.7 Å². The highest BCUT2D eigenvalue weighted by molar-refractivity contribution is 7.91. The van der Waals surface area contributed by atoms with Crippen LogP contribution in [0.25, 0.3) is 0 Å². The predicted octanol–water partition coefficient (Wildman–Crippen LogP) is 0.965. The smallest absolute Gasteiger partial charge is 0.251 e. The molecular weight excluding hydrogens is 316 g/mol. The van der Waals surface area contributed by atoms with E-state index in [9.17, 15) is 13.2 Å². The van der Waals surface area contributed by atoms with E-state index in [1.54, 1.807) is 36.6 Å². The Morgan fingerprint density at radius 1 is 1.09 bits per heavy atom. The van der Waals surface area contributed by atoms with E-state index in [0.717, 1.165) is 5.76 Å². The summed E-state index contributed by atoms with van der Waals surface area (Å²) in [6.45, 7) is 0.422. The van der Waals surface area contributed by atoms with Crippen molar-refractivity contribution in [2.45, 2.75) is 18.6 Å². The fraction of sp³-hybridized carbons (Fsp3) is 0.312. The highest BCUT2D eigenvalue weighted by Gasteiger charge is 2.38. The van der Waals surface area contributed by atoms with Gasteiger partial charge in [0.05, 0.1) is 30.4 Å². The lowest BCUT2D eigenvalue weighted by atomic mass is 10.1. The molecule has 0 unspecified atom stereocenters. The monoisotopic (exact) mass is 334 g/mol. The summed E-state index contributed by atoms with van der Waals surface area (Å²) in [5.41, 5.74) is 0.515. The molecule has 6 nitrogen and oxygen atoms in total. The van der Waals surface area contributed by atoms with Gasteiger partial charge in [-0.2, -0.15) is 0 Å². The molecule has 0 radical (unpaired) electrons. The van der Waals surface area contributed by atoms with Crippen LogP contribution in [0.1, 0.15) is 16.1 Å². The second-order valence-electron chi connectivity index (χ2n) is 5.59. The van der Waals surface area contributed by atoms with E-state index in [4.69, 9.17) is 4.42 Å². The summed E-state index contributed by atoms with van der Waals surface area (Å²) in [5.74, 6) is 0.411. The molecule has 0 aliphatic carbocycles. The molecule has 1 amide bonds. The number of rotatable bonds is 5. The van der Waals surface area contributed by atoms with E-state index in [0.29, 0.717) is 12.1 Å². The maximum Gasteiger partial charge on any atom is 0.251 e. The number of furan rings is 1. The molecule has 2 heterocycles. The Bertz CT molecular complexity index is 757. The topological polar surface area (TPSA) is 88.4 Å². The molecule has 0 saturated carbocycles. The van der Waals surface area contributed by atoms with E-state index >= 15 is 0 Å². The fourth-order valence-corrected chi connectivity index (χ4v) is 4.57. The first kappa shape index (κ1) is 15.8. The van der Waals surface area contributed by atoms with E-state index in [-0.39, 0.29) is 23.5 Å². The minimum absolute atomic E-state index is 0.00739. The molecule has 1 aromatic carbocycles. The van der Waals surface area contributed by atoms with Gasteiger partial charge in [0.1, 0.15) is 5.76 Å². The van der Waals surface area contributed by atoms with Gasteiger partial charge in [0.25, 0.3) is 5.91 Å². The van der Waals surface area contributed by atoms with Crippen LogP contribution in [-0.4, -0.2) is 37.9 Å². The molecule has 1 aliphatic heterocycles. The molecule has 122 valence electrons. The van der Waals surface area contributed by atoms with Gasteiger partial charge in [-0.05, 0) is 24.3 Å². The summed E-state index contributed by atoms with van der Waals surface area (Å²) < 4.78 is 29.1. The zero-order valence-corrected chi connectivity index (χ0v) is 13.3. The lowest BCUT2D eigenvalue weighted by molar-refractivity contribution is 0.0935. The van der Waals surface area contributed by atoms with Crippen LogP contribution in [0, 0.1) is 0 Å². The van der Waals surface area contributed by atoms with Crippen LogP contribution in [0.15, 0.2) is 53.1 Å². The third kappa shape index (κ3) is 4.00. The first-order valence-electron chi connectivity index (χ1n) is 7.35. The van der Waals surface area contributed by atoms with Crippen molar-refractivity contribution in [1.82, 2.24) is 10.6 Å². The number of hydrogen-bond acceptors (Lipinski definition) is 5. The summed E-state index contributed by atoms with van der Waals surface area (Å²) in [6, 6.07) is 11.6. The normalized spacial score (nSPS) is 22.8. The molecule has 7 heteroatoms. The van der Waals surface area contributed by atoms with Crippen LogP contribution in [-0.2, 0) is 16.4 Å². The van der Waals surface area contributed by atoms with Crippen molar-refractivity contribution < 1.29 is 17.6 Å². The van der Waals surface area contributed by atoms with E-state index in [1.165, 1.54) is 0 Å². The number of carbonyl (C=O) groups is 1. The molecule has 0 spiro atoms. The number of sulfone groups is 1. The van der Waals surface area contributed by atoms with Gasteiger partial charge in [-0.1, -0.05) is 18.2 Å². The number of amides is 1. The van der Waals surface area contributed by atoms with Crippen molar-refractivity contribution in [2.75, 3.05) is 11.5 Å². The van der Waals surface area contributed by atoms with Crippen LogP contribution in [0.4, 0.5) is 0 Å². The zero-order chi connectivity index (χ0) is 16.3. The van der Waals surface area contributed by atoms with Crippen LogP contribution < -0.4 is 10.6 Å². The maximum absolute atomic E-state index is 12.2.